The zero-order valence-corrected chi connectivity index (χ0v) is 7.84. The fourth-order valence-electron chi connectivity index (χ4n) is 1.22. The van der Waals surface area contributed by atoms with Gasteiger partial charge in [-0.25, -0.2) is 0 Å². The predicted molar refractivity (Wildman–Crippen MR) is 48.1 cm³/mol. The molecule has 1 heterocycles. The summed E-state index contributed by atoms with van der Waals surface area (Å²) < 4.78 is 10.9. The minimum atomic E-state index is -0.00407. The van der Waals surface area contributed by atoms with E-state index in [1.807, 2.05) is 0 Å². The molecule has 1 saturated heterocycles. The summed E-state index contributed by atoms with van der Waals surface area (Å²) >= 11 is 0. The highest BCUT2D eigenvalue weighted by atomic mass is 16.7. The third kappa shape index (κ3) is 4.04. The Morgan fingerprint density at radius 1 is 1.50 bits per heavy atom. The van der Waals surface area contributed by atoms with Crippen molar-refractivity contribution in [3.8, 4) is 0 Å². The summed E-state index contributed by atoms with van der Waals surface area (Å²) in [4.78, 5) is 0. The molecule has 3 heteroatoms. The van der Waals surface area contributed by atoms with Gasteiger partial charge in [-0.05, 0) is 6.42 Å². The van der Waals surface area contributed by atoms with E-state index in [9.17, 15) is 0 Å². The minimum Gasteiger partial charge on any atom is -0.351 e. The van der Waals surface area contributed by atoms with Crippen molar-refractivity contribution in [1.29, 1.82) is 0 Å². The second kappa shape index (κ2) is 6.40. The molecule has 1 rings (SSSR count). The molecule has 0 aromatic heterocycles. The van der Waals surface area contributed by atoms with Gasteiger partial charge in [-0.2, -0.15) is 0 Å². The van der Waals surface area contributed by atoms with Gasteiger partial charge >= 0.3 is 0 Å². The molecule has 3 nitrogen and oxygen atoms in total. The largest absolute Gasteiger partial charge is 0.351 e. The summed E-state index contributed by atoms with van der Waals surface area (Å²) in [7, 11) is 0. The van der Waals surface area contributed by atoms with Gasteiger partial charge in [0, 0.05) is 19.7 Å². The Labute approximate surface area is 74.4 Å². The number of morpholine rings is 1. The van der Waals surface area contributed by atoms with E-state index in [1.54, 1.807) is 0 Å². The first kappa shape index (κ1) is 9.96. The van der Waals surface area contributed by atoms with Crippen molar-refractivity contribution in [3.63, 3.8) is 0 Å². The number of rotatable bonds is 5. The summed E-state index contributed by atoms with van der Waals surface area (Å²) in [6.07, 6.45) is 3.64. The Bertz CT molecular complexity index is 103. The number of hydrogen-bond donors (Lipinski definition) is 1. The zero-order valence-electron chi connectivity index (χ0n) is 7.84. The Morgan fingerprint density at radius 2 is 2.42 bits per heavy atom. The van der Waals surface area contributed by atoms with E-state index < -0.39 is 0 Å². The smallest absolute Gasteiger partial charge is 0.169 e. The normalized spacial score (nSPS) is 24.2. The molecule has 0 radical (unpaired) electrons. The molecule has 0 spiro atoms. The minimum absolute atomic E-state index is 0.00407. The van der Waals surface area contributed by atoms with E-state index in [2.05, 4.69) is 12.2 Å². The van der Waals surface area contributed by atoms with Crippen molar-refractivity contribution in [2.24, 2.45) is 0 Å². The maximum atomic E-state index is 5.50. The average Bonchev–Trinajstić information content (AvgIpc) is 2.14. The van der Waals surface area contributed by atoms with Crippen molar-refractivity contribution in [2.45, 2.75) is 32.5 Å². The Kier molecular flexibility index (Phi) is 5.32. The monoisotopic (exact) mass is 173 g/mol. The maximum Gasteiger partial charge on any atom is 0.169 e. The second-order valence-electron chi connectivity index (χ2n) is 3.08. The molecule has 1 aliphatic rings. The standard InChI is InChI=1S/C9H19NO2/c1-2-3-4-6-11-9-8-10-5-7-12-9/h9-10H,2-8H2,1H3. The summed E-state index contributed by atoms with van der Waals surface area (Å²) in [5.41, 5.74) is 0. The zero-order chi connectivity index (χ0) is 8.65. The molecule has 1 atom stereocenters. The van der Waals surface area contributed by atoms with E-state index >= 15 is 0 Å². The van der Waals surface area contributed by atoms with Gasteiger partial charge in [0.25, 0.3) is 0 Å². The first-order valence-corrected chi connectivity index (χ1v) is 4.87. The van der Waals surface area contributed by atoms with Crippen LogP contribution in [-0.4, -0.2) is 32.6 Å². The number of unbranched alkanes of at least 4 members (excludes halogenated alkanes) is 2. The molecule has 0 aromatic carbocycles. The fraction of sp³-hybridized carbons (Fsp3) is 1.00. The molecule has 0 aliphatic carbocycles. The van der Waals surface area contributed by atoms with Crippen LogP contribution in [0.4, 0.5) is 0 Å². The van der Waals surface area contributed by atoms with Crippen LogP contribution in [0.5, 0.6) is 0 Å². The van der Waals surface area contributed by atoms with Crippen LogP contribution in [-0.2, 0) is 9.47 Å². The van der Waals surface area contributed by atoms with Gasteiger partial charge in [-0.15, -0.1) is 0 Å². The molecular weight excluding hydrogens is 154 g/mol. The molecule has 12 heavy (non-hydrogen) atoms. The Balaban J connectivity index is 1.91. The molecule has 0 aromatic rings. The van der Waals surface area contributed by atoms with Gasteiger partial charge in [0.2, 0.25) is 0 Å². The van der Waals surface area contributed by atoms with E-state index in [4.69, 9.17) is 9.47 Å². The molecule has 72 valence electrons. The second-order valence-corrected chi connectivity index (χ2v) is 3.08. The van der Waals surface area contributed by atoms with Crippen LogP contribution in [0.25, 0.3) is 0 Å². The highest BCUT2D eigenvalue weighted by Crippen LogP contribution is 2.01. The van der Waals surface area contributed by atoms with Crippen molar-refractivity contribution < 1.29 is 9.47 Å². The molecule has 0 bridgehead atoms. The highest BCUT2D eigenvalue weighted by molar-refractivity contribution is 4.57. The summed E-state index contributed by atoms with van der Waals surface area (Å²) in [5.74, 6) is 0. The molecule has 1 unspecified atom stereocenters. The number of nitrogens with one attached hydrogen (secondary N) is 1. The van der Waals surface area contributed by atoms with Crippen LogP contribution < -0.4 is 5.32 Å². The molecule has 1 fully saturated rings. The average molecular weight is 173 g/mol. The van der Waals surface area contributed by atoms with Gasteiger partial charge in [-0.3, -0.25) is 0 Å². The predicted octanol–water partition coefficient (Wildman–Crippen LogP) is 1.14. The van der Waals surface area contributed by atoms with Gasteiger partial charge in [-0.1, -0.05) is 19.8 Å². The lowest BCUT2D eigenvalue weighted by molar-refractivity contribution is -0.153. The SMILES string of the molecule is CCCCCOC1CNCCO1. The molecule has 1 N–H and O–H groups in total. The quantitative estimate of drug-likeness (QED) is 0.632. The van der Waals surface area contributed by atoms with Gasteiger partial charge in [0.05, 0.1) is 6.61 Å². The van der Waals surface area contributed by atoms with Crippen molar-refractivity contribution in [3.05, 3.63) is 0 Å². The molecule has 0 saturated carbocycles. The third-order valence-electron chi connectivity index (χ3n) is 1.95. The topological polar surface area (TPSA) is 30.5 Å². The van der Waals surface area contributed by atoms with Crippen LogP contribution >= 0.6 is 0 Å². The van der Waals surface area contributed by atoms with Crippen LogP contribution in [0.15, 0.2) is 0 Å². The van der Waals surface area contributed by atoms with Crippen molar-refractivity contribution in [1.82, 2.24) is 5.32 Å². The van der Waals surface area contributed by atoms with Crippen molar-refractivity contribution >= 4 is 0 Å². The van der Waals surface area contributed by atoms with E-state index in [-0.39, 0.29) is 6.29 Å². The Morgan fingerprint density at radius 3 is 3.08 bits per heavy atom. The van der Waals surface area contributed by atoms with Gasteiger partial charge in [0.1, 0.15) is 0 Å². The van der Waals surface area contributed by atoms with Crippen molar-refractivity contribution in [2.75, 3.05) is 26.3 Å². The lowest BCUT2D eigenvalue weighted by Crippen LogP contribution is -2.40. The fourth-order valence-corrected chi connectivity index (χ4v) is 1.22. The van der Waals surface area contributed by atoms with Gasteiger partial charge in [0.15, 0.2) is 6.29 Å². The van der Waals surface area contributed by atoms with E-state index in [0.717, 1.165) is 32.7 Å². The Hall–Kier alpha value is -0.120. The molecule has 1 aliphatic heterocycles. The van der Waals surface area contributed by atoms with Crippen LogP contribution in [0.1, 0.15) is 26.2 Å². The molecule has 0 amide bonds. The first-order valence-electron chi connectivity index (χ1n) is 4.87. The number of hydrogen-bond acceptors (Lipinski definition) is 3. The lowest BCUT2D eigenvalue weighted by atomic mass is 10.3. The molecular formula is C9H19NO2. The van der Waals surface area contributed by atoms with Gasteiger partial charge < -0.3 is 14.8 Å². The summed E-state index contributed by atoms with van der Waals surface area (Å²) in [5, 5.41) is 3.23. The van der Waals surface area contributed by atoms with Crippen LogP contribution in [0, 0.1) is 0 Å². The number of ether oxygens (including phenoxy) is 2. The van der Waals surface area contributed by atoms with E-state index in [1.165, 1.54) is 12.8 Å². The third-order valence-corrected chi connectivity index (χ3v) is 1.95. The van der Waals surface area contributed by atoms with Crippen LogP contribution in [0.2, 0.25) is 0 Å². The van der Waals surface area contributed by atoms with E-state index in [0.29, 0.717) is 0 Å². The summed E-state index contributed by atoms with van der Waals surface area (Å²) in [6.45, 7) is 5.60. The maximum absolute atomic E-state index is 5.50. The first-order chi connectivity index (χ1) is 5.93. The van der Waals surface area contributed by atoms with Crippen LogP contribution in [0.3, 0.4) is 0 Å². The lowest BCUT2D eigenvalue weighted by Gasteiger charge is -2.23. The highest BCUT2D eigenvalue weighted by Gasteiger charge is 2.12. The summed E-state index contributed by atoms with van der Waals surface area (Å²) in [6, 6.07) is 0.